The highest BCUT2D eigenvalue weighted by molar-refractivity contribution is 8.18. The Morgan fingerprint density at radius 3 is 2.46 bits per heavy atom. The maximum Gasteiger partial charge on any atom is 0.490 e. The third kappa shape index (κ3) is 7.09. The first kappa shape index (κ1) is 27.5. The van der Waals surface area contributed by atoms with E-state index in [0.29, 0.717) is 20.8 Å². The Bertz CT molecular complexity index is 1630. The molecule has 5 rings (SSSR count). The zero-order chi connectivity index (χ0) is 28.2. The van der Waals surface area contributed by atoms with Gasteiger partial charge in [0.2, 0.25) is 5.95 Å². The highest BCUT2D eigenvalue weighted by Gasteiger charge is 2.38. The van der Waals surface area contributed by atoms with Crippen molar-refractivity contribution in [3.8, 4) is 11.1 Å². The van der Waals surface area contributed by atoms with E-state index in [1.54, 1.807) is 24.7 Å². The number of carbonyl (C=O) groups excluding carboxylic acids is 1. The number of anilines is 2. The van der Waals surface area contributed by atoms with Crippen LogP contribution in [0.1, 0.15) is 5.56 Å². The van der Waals surface area contributed by atoms with Gasteiger partial charge < -0.3 is 16.2 Å². The first-order valence-electron chi connectivity index (χ1n) is 10.8. The summed E-state index contributed by atoms with van der Waals surface area (Å²) < 4.78 is 31.7. The number of thioether (sulfide) groups is 1. The van der Waals surface area contributed by atoms with E-state index in [9.17, 15) is 18.0 Å². The molecular formula is C25H16ClF3N6O3S. The van der Waals surface area contributed by atoms with Gasteiger partial charge in [0.25, 0.3) is 5.91 Å². The second-order valence-corrected chi connectivity index (χ2v) is 9.18. The molecule has 1 aliphatic rings. The lowest BCUT2D eigenvalue weighted by atomic mass is 10.1. The maximum absolute atomic E-state index is 12.5. The summed E-state index contributed by atoms with van der Waals surface area (Å²) in [6, 6.07) is 15.2. The first-order chi connectivity index (χ1) is 18.5. The number of alkyl halides is 3. The van der Waals surface area contributed by atoms with Crippen LogP contribution in [0.4, 0.5) is 24.8 Å². The number of nitrogens with zero attached hydrogens (tertiary/aromatic N) is 4. The number of fused-ring (bicyclic) bond motifs is 1. The van der Waals surface area contributed by atoms with Crippen molar-refractivity contribution in [1.29, 1.82) is 0 Å². The molecule has 4 aromatic rings. The van der Waals surface area contributed by atoms with Crippen LogP contribution in [0.25, 0.3) is 28.1 Å². The molecule has 0 spiro atoms. The van der Waals surface area contributed by atoms with Gasteiger partial charge >= 0.3 is 12.1 Å². The zero-order valence-corrected chi connectivity index (χ0v) is 21.1. The summed E-state index contributed by atoms with van der Waals surface area (Å²) in [5.41, 5.74) is 9.64. The third-order valence-electron chi connectivity index (χ3n) is 5.00. The van der Waals surface area contributed by atoms with Gasteiger partial charge in [0.1, 0.15) is 0 Å². The Morgan fingerprint density at radius 2 is 1.77 bits per heavy atom. The van der Waals surface area contributed by atoms with Crippen LogP contribution in [0, 0.1) is 0 Å². The van der Waals surface area contributed by atoms with Gasteiger partial charge in [-0.3, -0.25) is 9.78 Å². The highest BCUT2D eigenvalue weighted by atomic mass is 35.5. The molecule has 2 aromatic carbocycles. The molecule has 0 atom stereocenters. The normalized spacial score (nSPS) is 14.1. The minimum Gasteiger partial charge on any atom is -0.475 e. The number of hydrogen-bond acceptors (Lipinski definition) is 8. The smallest absolute Gasteiger partial charge is 0.475 e. The third-order valence-corrected chi connectivity index (χ3v) is 6.23. The van der Waals surface area contributed by atoms with E-state index in [1.165, 1.54) is 11.8 Å². The zero-order valence-electron chi connectivity index (χ0n) is 19.5. The molecule has 0 saturated carbocycles. The number of carbonyl (C=O) groups is 2. The van der Waals surface area contributed by atoms with E-state index >= 15 is 0 Å². The summed E-state index contributed by atoms with van der Waals surface area (Å²) in [6.45, 7) is 0. The molecule has 2 aromatic heterocycles. The molecular weight excluding hydrogens is 557 g/mol. The number of rotatable bonds is 3. The molecule has 0 unspecified atom stereocenters. The number of nitrogens with two attached hydrogens (primary N) is 1. The van der Waals surface area contributed by atoms with Crippen LogP contribution >= 0.6 is 23.4 Å². The van der Waals surface area contributed by atoms with E-state index < -0.39 is 12.1 Å². The molecule has 14 heteroatoms. The number of aromatic nitrogens is 3. The van der Waals surface area contributed by atoms with Crippen molar-refractivity contribution in [2.75, 3.05) is 11.1 Å². The van der Waals surface area contributed by atoms with Crippen molar-refractivity contribution < 1.29 is 27.9 Å². The van der Waals surface area contributed by atoms with E-state index in [2.05, 4.69) is 25.3 Å². The number of nitrogens with one attached hydrogen (secondary N) is 1. The molecule has 4 N–H and O–H groups in total. The van der Waals surface area contributed by atoms with Gasteiger partial charge in [0.05, 0.1) is 21.1 Å². The monoisotopic (exact) mass is 572 g/mol. The van der Waals surface area contributed by atoms with E-state index in [4.69, 9.17) is 27.2 Å². The Morgan fingerprint density at radius 1 is 1.05 bits per heavy atom. The molecule has 0 saturated heterocycles. The molecule has 39 heavy (non-hydrogen) atoms. The number of amides is 1. The standard InChI is InChI=1S/C23H15ClN6OS.C2HF3O2/c24-17-5-4-14(16-11-27-22(25)28-12-16)10-19(17)29-23-30-21(31)20(32-23)9-13-3-6-18-15(8-13)2-1-7-26-18;3-2(4,5)1(6)7/h1-12H,(H2,25,27,28)(H,29,30,31);(H,6,7). The molecule has 0 bridgehead atoms. The Labute approximate surface area is 227 Å². The number of pyridine rings is 1. The van der Waals surface area contributed by atoms with Gasteiger partial charge in [-0.05, 0) is 59.3 Å². The number of aliphatic imine (C=N–C) groups is 1. The molecule has 0 fully saturated rings. The summed E-state index contributed by atoms with van der Waals surface area (Å²) in [6.07, 6.45) is 1.77. The van der Waals surface area contributed by atoms with Gasteiger partial charge in [0.15, 0.2) is 5.17 Å². The van der Waals surface area contributed by atoms with Crippen LogP contribution in [0.2, 0.25) is 5.02 Å². The van der Waals surface area contributed by atoms with Crippen LogP contribution in [-0.4, -0.2) is 43.3 Å². The summed E-state index contributed by atoms with van der Waals surface area (Å²) in [5.74, 6) is -2.85. The fraction of sp³-hybridized carbons (Fsp3) is 0.0400. The number of carboxylic acid groups (broad SMARTS) is 1. The van der Waals surface area contributed by atoms with Gasteiger partial charge in [0, 0.05) is 29.5 Å². The fourth-order valence-corrected chi connectivity index (χ4v) is 4.19. The van der Waals surface area contributed by atoms with E-state index in [0.717, 1.165) is 27.6 Å². The van der Waals surface area contributed by atoms with Crippen LogP contribution in [0.5, 0.6) is 0 Å². The minimum atomic E-state index is -5.08. The number of amidine groups is 1. The van der Waals surface area contributed by atoms with Crippen LogP contribution < -0.4 is 11.1 Å². The lowest BCUT2D eigenvalue weighted by Gasteiger charge is -2.09. The Balaban J connectivity index is 0.000000448. The Hall–Kier alpha value is -4.49. The lowest BCUT2D eigenvalue weighted by Crippen LogP contribution is -2.21. The number of carboxylic acids is 1. The summed E-state index contributed by atoms with van der Waals surface area (Å²) in [7, 11) is 0. The van der Waals surface area contributed by atoms with Crippen molar-refractivity contribution in [1.82, 2.24) is 15.0 Å². The quantitative estimate of drug-likeness (QED) is 0.265. The van der Waals surface area contributed by atoms with Crippen LogP contribution in [0.15, 0.2) is 77.0 Å². The van der Waals surface area contributed by atoms with Crippen molar-refractivity contribution >= 4 is 69.0 Å². The van der Waals surface area contributed by atoms with Crippen molar-refractivity contribution in [2.24, 2.45) is 4.99 Å². The summed E-state index contributed by atoms with van der Waals surface area (Å²) in [4.78, 5) is 38.4. The fourth-order valence-electron chi connectivity index (χ4n) is 3.20. The Kier molecular flexibility index (Phi) is 8.12. The molecule has 9 nitrogen and oxygen atoms in total. The average molecular weight is 573 g/mol. The molecule has 3 heterocycles. The first-order valence-corrected chi connectivity index (χ1v) is 12.0. The second-order valence-electron chi connectivity index (χ2n) is 7.74. The summed E-state index contributed by atoms with van der Waals surface area (Å²) in [5, 5.41) is 12.2. The predicted molar refractivity (Wildman–Crippen MR) is 144 cm³/mol. The van der Waals surface area contributed by atoms with Gasteiger partial charge in [-0.1, -0.05) is 29.8 Å². The number of aliphatic carboxylic acids is 1. The number of hydrogen-bond donors (Lipinski definition) is 3. The summed E-state index contributed by atoms with van der Waals surface area (Å²) >= 11 is 7.62. The molecule has 1 aliphatic heterocycles. The van der Waals surface area contributed by atoms with E-state index in [1.807, 2.05) is 48.5 Å². The van der Waals surface area contributed by atoms with E-state index in [-0.39, 0.29) is 11.9 Å². The number of nitrogen functional groups attached to an aromatic ring is 1. The maximum atomic E-state index is 12.5. The molecule has 0 aliphatic carbocycles. The van der Waals surface area contributed by atoms with Crippen molar-refractivity contribution in [3.05, 3.63) is 82.6 Å². The second kappa shape index (κ2) is 11.5. The number of benzene rings is 2. The highest BCUT2D eigenvalue weighted by Crippen LogP contribution is 2.33. The number of halogens is 4. The van der Waals surface area contributed by atoms with Gasteiger partial charge in [-0.15, -0.1) is 0 Å². The van der Waals surface area contributed by atoms with Gasteiger partial charge in [-0.25, -0.2) is 14.8 Å². The molecule has 1 amide bonds. The average Bonchev–Trinajstić information content (AvgIpc) is 3.23. The molecule has 0 radical (unpaired) electrons. The SMILES string of the molecule is Nc1ncc(-c2ccc(Cl)c(NC3=NC(=O)C(=Cc4ccc5ncccc5c4)S3)c2)cn1.O=C(O)C(F)(F)F. The topological polar surface area (TPSA) is 143 Å². The van der Waals surface area contributed by atoms with Crippen molar-refractivity contribution in [3.63, 3.8) is 0 Å². The van der Waals surface area contributed by atoms with Crippen LogP contribution in [0.3, 0.4) is 0 Å². The van der Waals surface area contributed by atoms with Gasteiger partial charge in [-0.2, -0.15) is 18.2 Å². The minimum absolute atomic E-state index is 0.207. The van der Waals surface area contributed by atoms with Crippen LogP contribution in [-0.2, 0) is 9.59 Å². The predicted octanol–water partition coefficient (Wildman–Crippen LogP) is 5.64. The largest absolute Gasteiger partial charge is 0.490 e. The lowest BCUT2D eigenvalue weighted by molar-refractivity contribution is -0.192. The molecule has 198 valence electrons. The van der Waals surface area contributed by atoms with Crippen molar-refractivity contribution in [2.45, 2.75) is 6.18 Å².